The maximum absolute atomic E-state index is 11.7. The summed E-state index contributed by atoms with van der Waals surface area (Å²) in [6.45, 7) is 0.737. The lowest BCUT2D eigenvalue weighted by molar-refractivity contribution is 0.929. The Kier molecular flexibility index (Phi) is 3.69. The van der Waals surface area contributed by atoms with Gasteiger partial charge >= 0.3 is 0 Å². The normalized spacial score (nSPS) is 11.0. The molecule has 3 rings (SSSR count). The molecular formula is C14H13BrN4OS. The molecule has 7 heteroatoms. The fourth-order valence-corrected chi connectivity index (χ4v) is 3.44. The molecule has 2 aromatic heterocycles. The van der Waals surface area contributed by atoms with Gasteiger partial charge in [-0.2, -0.15) is 0 Å². The minimum atomic E-state index is -0.178. The highest BCUT2D eigenvalue weighted by Gasteiger charge is 2.11. The summed E-state index contributed by atoms with van der Waals surface area (Å²) in [6.07, 6.45) is 1.40. The van der Waals surface area contributed by atoms with E-state index in [0.29, 0.717) is 16.6 Å². The lowest BCUT2D eigenvalue weighted by Gasteiger charge is -2.21. The summed E-state index contributed by atoms with van der Waals surface area (Å²) in [7, 11) is 1.97. The number of hydrogen-bond donors (Lipinski definition) is 2. The van der Waals surface area contributed by atoms with Crippen LogP contribution in [0.4, 0.5) is 11.4 Å². The largest absolute Gasteiger partial charge is 0.397 e. The zero-order chi connectivity index (χ0) is 15.0. The molecule has 0 fully saturated rings. The maximum atomic E-state index is 11.7. The molecule has 5 nitrogen and oxygen atoms in total. The Hall–Kier alpha value is -1.86. The Morgan fingerprint density at radius 3 is 2.95 bits per heavy atom. The van der Waals surface area contributed by atoms with Gasteiger partial charge in [0.1, 0.15) is 0 Å². The number of halogens is 1. The van der Waals surface area contributed by atoms with Crippen LogP contribution in [0.5, 0.6) is 0 Å². The summed E-state index contributed by atoms with van der Waals surface area (Å²) in [5, 5.41) is 2.60. The molecular weight excluding hydrogens is 352 g/mol. The first-order valence-electron chi connectivity index (χ1n) is 6.25. The number of H-pyrrole nitrogens is 1. The van der Waals surface area contributed by atoms with E-state index < -0.39 is 0 Å². The smallest absolute Gasteiger partial charge is 0.258 e. The van der Waals surface area contributed by atoms with E-state index in [0.717, 1.165) is 16.0 Å². The van der Waals surface area contributed by atoms with Crippen molar-refractivity contribution in [2.75, 3.05) is 17.7 Å². The number of nitrogens with two attached hydrogens (primary N) is 1. The number of fused-ring (bicyclic) bond motifs is 1. The van der Waals surface area contributed by atoms with Gasteiger partial charge in [-0.05, 0) is 45.1 Å². The summed E-state index contributed by atoms with van der Waals surface area (Å²) in [5.74, 6) is 0. The van der Waals surface area contributed by atoms with E-state index in [1.54, 1.807) is 17.4 Å². The highest BCUT2D eigenvalue weighted by Crippen LogP contribution is 2.28. The third kappa shape index (κ3) is 2.79. The first-order chi connectivity index (χ1) is 10.0. The number of nitrogen functional groups attached to an aromatic ring is 1. The summed E-state index contributed by atoms with van der Waals surface area (Å²) >= 11 is 5.11. The number of aromatic amines is 1. The zero-order valence-corrected chi connectivity index (χ0v) is 13.7. The van der Waals surface area contributed by atoms with Crippen molar-refractivity contribution in [1.29, 1.82) is 0 Å². The van der Waals surface area contributed by atoms with Gasteiger partial charge < -0.3 is 15.6 Å². The molecule has 0 saturated carbocycles. The molecule has 21 heavy (non-hydrogen) atoms. The first-order valence-corrected chi connectivity index (χ1v) is 7.93. The number of nitrogens with zero attached hydrogens (tertiary/aromatic N) is 2. The average molecular weight is 365 g/mol. The summed E-state index contributed by atoms with van der Waals surface area (Å²) in [5.41, 5.74) is 9.18. The van der Waals surface area contributed by atoms with Crippen LogP contribution >= 0.6 is 27.3 Å². The van der Waals surface area contributed by atoms with Gasteiger partial charge in [0.2, 0.25) is 0 Å². The molecule has 0 unspecified atom stereocenters. The van der Waals surface area contributed by atoms with Gasteiger partial charge in [0.05, 0.1) is 32.4 Å². The number of thiophene rings is 1. The van der Waals surface area contributed by atoms with E-state index in [1.807, 2.05) is 18.0 Å². The second-order valence-electron chi connectivity index (χ2n) is 4.77. The number of nitrogens with one attached hydrogen (secondary N) is 1. The van der Waals surface area contributed by atoms with Gasteiger partial charge in [0.15, 0.2) is 0 Å². The topological polar surface area (TPSA) is 75.0 Å². The van der Waals surface area contributed by atoms with Gasteiger partial charge in [0.25, 0.3) is 5.56 Å². The predicted octanol–water partition coefficient (Wildman–Crippen LogP) is 2.97. The Morgan fingerprint density at radius 1 is 1.43 bits per heavy atom. The van der Waals surface area contributed by atoms with E-state index in [2.05, 4.69) is 37.3 Å². The maximum Gasteiger partial charge on any atom is 0.258 e. The van der Waals surface area contributed by atoms with Gasteiger partial charge in [-0.1, -0.05) is 0 Å². The van der Waals surface area contributed by atoms with E-state index in [-0.39, 0.29) is 5.56 Å². The standard InChI is InChI=1S/C14H13BrN4OS/c1-19(5-8-2-13(15)21-6-8)12-4-11-9(3-10(12)16)14(20)18-7-17-11/h2-4,6-7H,5,16H2,1H3,(H,17,18,20). The van der Waals surface area contributed by atoms with Crippen molar-refractivity contribution < 1.29 is 0 Å². The molecule has 0 spiro atoms. The van der Waals surface area contributed by atoms with Crippen LogP contribution in [-0.4, -0.2) is 17.0 Å². The van der Waals surface area contributed by atoms with Crippen molar-refractivity contribution in [1.82, 2.24) is 9.97 Å². The highest BCUT2D eigenvalue weighted by molar-refractivity contribution is 9.11. The molecule has 0 aliphatic carbocycles. The van der Waals surface area contributed by atoms with Crippen LogP contribution in [0.15, 0.2) is 38.5 Å². The van der Waals surface area contributed by atoms with Crippen molar-refractivity contribution in [3.05, 3.63) is 49.6 Å². The third-order valence-electron chi connectivity index (χ3n) is 3.24. The fraction of sp³-hybridized carbons (Fsp3) is 0.143. The average Bonchev–Trinajstić information content (AvgIpc) is 2.84. The quantitative estimate of drug-likeness (QED) is 0.700. The number of aromatic nitrogens is 2. The molecule has 3 N–H and O–H groups in total. The van der Waals surface area contributed by atoms with Crippen molar-refractivity contribution in [2.45, 2.75) is 6.54 Å². The third-order valence-corrected chi connectivity index (χ3v) is 4.79. The molecule has 0 bridgehead atoms. The Bertz CT molecular complexity index is 858. The first kappa shape index (κ1) is 14.1. The second-order valence-corrected chi connectivity index (χ2v) is 7.07. The summed E-state index contributed by atoms with van der Waals surface area (Å²) in [4.78, 5) is 20.5. The number of rotatable bonds is 3. The highest BCUT2D eigenvalue weighted by atomic mass is 79.9. The van der Waals surface area contributed by atoms with Crippen LogP contribution in [0.2, 0.25) is 0 Å². The van der Waals surface area contributed by atoms with Crippen molar-refractivity contribution in [2.24, 2.45) is 0 Å². The van der Waals surface area contributed by atoms with E-state index in [1.165, 1.54) is 11.9 Å². The van der Waals surface area contributed by atoms with Crippen LogP contribution in [0.1, 0.15) is 5.56 Å². The van der Waals surface area contributed by atoms with Crippen LogP contribution < -0.4 is 16.2 Å². The molecule has 108 valence electrons. The van der Waals surface area contributed by atoms with Gasteiger partial charge in [-0.15, -0.1) is 11.3 Å². The molecule has 1 aromatic carbocycles. The Balaban J connectivity index is 1.99. The zero-order valence-electron chi connectivity index (χ0n) is 11.3. The van der Waals surface area contributed by atoms with Gasteiger partial charge in [-0.25, -0.2) is 4.98 Å². The Labute approximate surface area is 133 Å². The minimum Gasteiger partial charge on any atom is -0.397 e. The molecule has 0 aliphatic rings. The lowest BCUT2D eigenvalue weighted by atomic mass is 10.1. The fourth-order valence-electron chi connectivity index (χ4n) is 2.24. The number of benzene rings is 1. The molecule has 0 atom stereocenters. The number of hydrogen-bond acceptors (Lipinski definition) is 5. The Morgan fingerprint density at radius 2 is 2.24 bits per heavy atom. The molecule has 3 aromatic rings. The minimum absolute atomic E-state index is 0.178. The van der Waals surface area contributed by atoms with E-state index in [4.69, 9.17) is 5.73 Å². The molecule has 0 amide bonds. The van der Waals surface area contributed by atoms with Crippen LogP contribution in [0, 0.1) is 0 Å². The van der Waals surface area contributed by atoms with Crippen molar-refractivity contribution in [3.8, 4) is 0 Å². The lowest BCUT2D eigenvalue weighted by Crippen LogP contribution is -2.18. The molecule has 0 aliphatic heterocycles. The summed E-state index contributed by atoms with van der Waals surface area (Å²) in [6, 6.07) is 5.61. The van der Waals surface area contributed by atoms with Crippen molar-refractivity contribution in [3.63, 3.8) is 0 Å². The monoisotopic (exact) mass is 364 g/mol. The number of anilines is 2. The SMILES string of the molecule is CN(Cc1csc(Br)c1)c1cc2nc[nH]c(=O)c2cc1N. The summed E-state index contributed by atoms with van der Waals surface area (Å²) < 4.78 is 1.10. The van der Waals surface area contributed by atoms with Crippen LogP contribution in [0.3, 0.4) is 0 Å². The van der Waals surface area contributed by atoms with Gasteiger partial charge in [0, 0.05) is 13.6 Å². The van der Waals surface area contributed by atoms with E-state index in [9.17, 15) is 4.79 Å². The molecule has 0 saturated heterocycles. The predicted molar refractivity (Wildman–Crippen MR) is 90.9 cm³/mol. The van der Waals surface area contributed by atoms with Gasteiger partial charge in [-0.3, -0.25) is 4.79 Å². The van der Waals surface area contributed by atoms with Crippen LogP contribution in [0.25, 0.3) is 10.9 Å². The molecule has 0 radical (unpaired) electrons. The van der Waals surface area contributed by atoms with Crippen molar-refractivity contribution >= 4 is 49.5 Å². The molecule has 2 heterocycles. The van der Waals surface area contributed by atoms with E-state index >= 15 is 0 Å². The van der Waals surface area contributed by atoms with Crippen LogP contribution in [-0.2, 0) is 6.54 Å². The second kappa shape index (κ2) is 5.50.